The Morgan fingerprint density at radius 1 is 1.31 bits per heavy atom. The lowest BCUT2D eigenvalue weighted by Gasteiger charge is -2.05. The molecular weight excluding hydrogens is 236 g/mol. The molecule has 16 heavy (non-hydrogen) atoms. The van der Waals surface area contributed by atoms with Crippen molar-refractivity contribution in [3.05, 3.63) is 23.8 Å². The molecule has 0 aliphatic rings. The van der Waals surface area contributed by atoms with Crippen LogP contribution < -0.4 is 4.18 Å². The van der Waals surface area contributed by atoms with Crippen LogP contribution in [-0.4, -0.2) is 32.9 Å². The van der Waals surface area contributed by atoms with E-state index < -0.39 is 16.1 Å². The molecule has 0 aliphatic carbocycles. The van der Waals surface area contributed by atoms with Gasteiger partial charge in [-0.15, -0.1) is 0 Å². The van der Waals surface area contributed by atoms with Crippen molar-refractivity contribution in [2.24, 2.45) is 0 Å². The summed E-state index contributed by atoms with van der Waals surface area (Å²) in [5.74, 6) is -1.14. The molecular formula is C9H10O6S. The molecule has 1 rings (SSSR count). The largest absolute Gasteiger partial charge is 0.508 e. The van der Waals surface area contributed by atoms with Crippen LogP contribution in [0.4, 0.5) is 0 Å². The van der Waals surface area contributed by atoms with Gasteiger partial charge in [-0.1, -0.05) is 0 Å². The zero-order valence-corrected chi connectivity index (χ0v) is 9.45. The minimum atomic E-state index is -3.71. The average Bonchev–Trinajstić information content (AvgIpc) is 2.12. The Labute approximate surface area is 92.5 Å². The Balaban J connectivity index is 3.13. The number of carbonyl (C=O) groups is 1. The summed E-state index contributed by atoms with van der Waals surface area (Å²) in [6.07, 6.45) is 0.856. The predicted molar refractivity (Wildman–Crippen MR) is 54.9 cm³/mol. The van der Waals surface area contributed by atoms with Crippen molar-refractivity contribution < 1.29 is 27.2 Å². The minimum Gasteiger partial charge on any atom is -0.508 e. The fourth-order valence-electron chi connectivity index (χ4n) is 1.04. The Bertz CT molecular complexity index is 505. The summed E-state index contributed by atoms with van der Waals surface area (Å²) in [5.41, 5.74) is 0.00106. The molecule has 0 heterocycles. The van der Waals surface area contributed by atoms with Crippen molar-refractivity contribution >= 4 is 16.1 Å². The number of benzene rings is 1. The molecule has 0 bridgehead atoms. The van der Waals surface area contributed by atoms with Gasteiger partial charge in [-0.2, -0.15) is 8.42 Å². The van der Waals surface area contributed by atoms with Gasteiger partial charge in [0, 0.05) is 6.07 Å². The van der Waals surface area contributed by atoms with Gasteiger partial charge in [0.05, 0.1) is 18.9 Å². The van der Waals surface area contributed by atoms with Crippen molar-refractivity contribution in [3.63, 3.8) is 0 Å². The number of ether oxygens (including phenoxy) is 1. The molecule has 0 aliphatic heterocycles. The highest BCUT2D eigenvalue weighted by molar-refractivity contribution is 7.86. The van der Waals surface area contributed by atoms with E-state index in [9.17, 15) is 18.3 Å². The van der Waals surface area contributed by atoms with Crippen LogP contribution in [0.1, 0.15) is 10.4 Å². The summed E-state index contributed by atoms with van der Waals surface area (Å²) in [4.78, 5) is 11.1. The zero-order chi connectivity index (χ0) is 12.3. The standard InChI is InChI=1S/C9H10O6S/c1-14-9(11)6-3-7(10)5-8(4-6)15-16(2,12)13/h3-5,10H,1-2H3. The van der Waals surface area contributed by atoms with Gasteiger partial charge in [-0.05, 0) is 12.1 Å². The highest BCUT2D eigenvalue weighted by Crippen LogP contribution is 2.23. The second-order valence-electron chi connectivity index (χ2n) is 2.99. The molecule has 88 valence electrons. The molecule has 0 saturated carbocycles. The normalized spacial score (nSPS) is 10.9. The molecule has 0 saturated heterocycles. The molecule has 0 unspecified atom stereocenters. The summed E-state index contributed by atoms with van der Waals surface area (Å²) < 4.78 is 30.6. The number of hydrogen-bond acceptors (Lipinski definition) is 6. The first-order valence-corrected chi connectivity index (χ1v) is 5.95. The summed E-state index contributed by atoms with van der Waals surface area (Å²) in [6, 6.07) is 3.38. The first-order chi connectivity index (χ1) is 7.31. The Hall–Kier alpha value is -1.76. The third kappa shape index (κ3) is 3.43. The summed E-state index contributed by atoms with van der Waals surface area (Å²) in [5, 5.41) is 9.25. The fraction of sp³-hybridized carbons (Fsp3) is 0.222. The van der Waals surface area contributed by atoms with Crippen LogP contribution in [0.2, 0.25) is 0 Å². The van der Waals surface area contributed by atoms with Gasteiger partial charge in [-0.3, -0.25) is 0 Å². The SMILES string of the molecule is COC(=O)c1cc(O)cc(OS(C)(=O)=O)c1. The number of hydrogen-bond donors (Lipinski definition) is 1. The lowest BCUT2D eigenvalue weighted by molar-refractivity contribution is 0.0600. The summed E-state index contributed by atoms with van der Waals surface area (Å²) >= 11 is 0. The van der Waals surface area contributed by atoms with E-state index in [0.29, 0.717) is 0 Å². The topological polar surface area (TPSA) is 89.9 Å². The van der Waals surface area contributed by atoms with Crippen LogP contribution in [0.5, 0.6) is 11.5 Å². The maximum absolute atomic E-state index is 11.1. The monoisotopic (exact) mass is 246 g/mol. The molecule has 1 N–H and O–H groups in total. The maximum atomic E-state index is 11.1. The van der Waals surface area contributed by atoms with Gasteiger partial charge >= 0.3 is 16.1 Å². The van der Waals surface area contributed by atoms with E-state index in [1.54, 1.807) is 0 Å². The van der Waals surface area contributed by atoms with Gasteiger partial charge in [0.2, 0.25) is 0 Å². The molecule has 0 spiro atoms. The quantitative estimate of drug-likeness (QED) is 0.617. The smallest absolute Gasteiger partial charge is 0.338 e. The fourth-order valence-corrected chi connectivity index (χ4v) is 1.49. The number of methoxy groups -OCH3 is 1. The van der Waals surface area contributed by atoms with Gasteiger partial charge in [0.15, 0.2) is 0 Å². The molecule has 1 aromatic rings. The van der Waals surface area contributed by atoms with Crippen LogP contribution in [0, 0.1) is 0 Å². The second-order valence-corrected chi connectivity index (χ2v) is 4.57. The molecule has 6 nitrogen and oxygen atoms in total. The van der Waals surface area contributed by atoms with Gasteiger partial charge in [0.1, 0.15) is 11.5 Å². The maximum Gasteiger partial charge on any atom is 0.338 e. The Morgan fingerprint density at radius 2 is 1.94 bits per heavy atom. The van der Waals surface area contributed by atoms with Crippen LogP contribution in [0.15, 0.2) is 18.2 Å². The van der Waals surface area contributed by atoms with Crippen LogP contribution >= 0.6 is 0 Å². The van der Waals surface area contributed by atoms with E-state index in [-0.39, 0.29) is 17.1 Å². The molecule has 7 heteroatoms. The molecule has 0 atom stereocenters. The Morgan fingerprint density at radius 3 is 2.44 bits per heavy atom. The van der Waals surface area contributed by atoms with Crippen LogP contribution in [-0.2, 0) is 14.9 Å². The number of phenolic OH excluding ortho intramolecular Hbond substituents is 1. The number of esters is 1. The lowest BCUT2D eigenvalue weighted by atomic mass is 10.2. The second kappa shape index (κ2) is 4.40. The highest BCUT2D eigenvalue weighted by atomic mass is 32.2. The van der Waals surface area contributed by atoms with Crippen molar-refractivity contribution in [2.75, 3.05) is 13.4 Å². The van der Waals surface area contributed by atoms with Gasteiger partial charge in [0.25, 0.3) is 0 Å². The first-order valence-electron chi connectivity index (χ1n) is 4.13. The molecule has 0 fully saturated rings. The first kappa shape index (κ1) is 12.3. The van der Waals surface area contributed by atoms with Crippen molar-refractivity contribution in [1.82, 2.24) is 0 Å². The lowest BCUT2D eigenvalue weighted by Crippen LogP contribution is -2.07. The van der Waals surface area contributed by atoms with E-state index in [2.05, 4.69) is 8.92 Å². The summed E-state index contributed by atoms with van der Waals surface area (Å²) in [6.45, 7) is 0. The summed E-state index contributed by atoms with van der Waals surface area (Å²) in [7, 11) is -2.54. The highest BCUT2D eigenvalue weighted by Gasteiger charge is 2.12. The third-order valence-corrected chi connectivity index (χ3v) is 2.06. The number of rotatable bonds is 3. The number of phenols is 1. The van der Waals surface area contributed by atoms with E-state index >= 15 is 0 Å². The molecule has 0 aromatic heterocycles. The van der Waals surface area contributed by atoms with E-state index in [1.807, 2.05) is 0 Å². The number of carbonyl (C=O) groups excluding carboxylic acids is 1. The van der Waals surface area contributed by atoms with Crippen molar-refractivity contribution in [1.29, 1.82) is 0 Å². The van der Waals surface area contributed by atoms with E-state index in [0.717, 1.165) is 24.5 Å². The van der Waals surface area contributed by atoms with Crippen molar-refractivity contribution in [3.8, 4) is 11.5 Å². The van der Waals surface area contributed by atoms with Crippen LogP contribution in [0.25, 0.3) is 0 Å². The molecule has 0 amide bonds. The van der Waals surface area contributed by atoms with Gasteiger partial charge < -0.3 is 14.0 Å². The van der Waals surface area contributed by atoms with E-state index in [4.69, 9.17) is 0 Å². The third-order valence-electron chi connectivity index (χ3n) is 1.56. The predicted octanol–water partition coefficient (Wildman–Crippen LogP) is 0.517. The minimum absolute atomic E-state index is 0.00106. The average molecular weight is 246 g/mol. The van der Waals surface area contributed by atoms with Gasteiger partial charge in [-0.25, -0.2) is 4.79 Å². The van der Waals surface area contributed by atoms with Crippen LogP contribution in [0.3, 0.4) is 0 Å². The Kier molecular flexibility index (Phi) is 3.38. The van der Waals surface area contributed by atoms with Crippen molar-refractivity contribution in [2.45, 2.75) is 0 Å². The molecule has 1 aromatic carbocycles. The molecule has 0 radical (unpaired) electrons. The number of aromatic hydroxyl groups is 1. The zero-order valence-electron chi connectivity index (χ0n) is 8.63. The van der Waals surface area contributed by atoms with E-state index in [1.165, 1.54) is 7.11 Å².